The van der Waals surface area contributed by atoms with Gasteiger partial charge in [0, 0.05) is 20.1 Å². The van der Waals surface area contributed by atoms with Crippen molar-refractivity contribution in [2.45, 2.75) is 26.2 Å². The van der Waals surface area contributed by atoms with Crippen molar-refractivity contribution < 1.29 is 21.6 Å². The number of halogens is 3. The third kappa shape index (κ3) is 7.25. The molecule has 0 unspecified atom stereocenters. The molecule has 0 atom stereocenters. The van der Waals surface area contributed by atoms with E-state index in [1.54, 1.807) is 36.2 Å². The van der Waals surface area contributed by atoms with E-state index in [0.717, 1.165) is 18.4 Å². The third-order valence-corrected chi connectivity index (χ3v) is 4.70. The number of hydrogen-bond acceptors (Lipinski definition) is 3. The molecule has 0 amide bonds. The second-order valence-corrected chi connectivity index (χ2v) is 8.50. The molecule has 6 nitrogen and oxygen atoms in total. The van der Waals surface area contributed by atoms with Gasteiger partial charge in [-0.25, -0.2) is 13.4 Å². The van der Waals surface area contributed by atoms with Crippen LogP contribution in [0.5, 0.6) is 0 Å². The summed E-state index contributed by atoms with van der Waals surface area (Å²) in [5.74, 6) is 0.548. The first-order chi connectivity index (χ1) is 14.0. The largest absolute Gasteiger partial charge is 0.416 e. The molecule has 0 aliphatic carbocycles. The highest BCUT2D eigenvalue weighted by molar-refractivity contribution is 7.92. The highest BCUT2D eigenvalue weighted by Crippen LogP contribution is 2.29. The van der Waals surface area contributed by atoms with Gasteiger partial charge >= 0.3 is 6.18 Å². The lowest BCUT2D eigenvalue weighted by Crippen LogP contribution is -2.38. The van der Waals surface area contributed by atoms with Crippen molar-refractivity contribution in [3.63, 3.8) is 0 Å². The van der Waals surface area contributed by atoms with Crippen LogP contribution in [0.4, 0.5) is 18.9 Å². The summed E-state index contributed by atoms with van der Waals surface area (Å²) in [6.45, 7) is 3.08. The van der Waals surface area contributed by atoms with E-state index in [4.69, 9.17) is 0 Å². The molecule has 2 N–H and O–H groups in total. The van der Waals surface area contributed by atoms with Gasteiger partial charge in [-0.1, -0.05) is 30.3 Å². The Morgan fingerprint density at radius 1 is 1.10 bits per heavy atom. The Labute approximate surface area is 174 Å². The van der Waals surface area contributed by atoms with E-state index in [1.165, 1.54) is 12.1 Å². The molecule has 0 radical (unpaired) electrons. The van der Waals surface area contributed by atoms with Gasteiger partial charge in [-0.3, -0.25) is 4.72 Å². The van der Waals surface area contributed by atoms with E-state index in [-0.39, 0.29) is 6.54 Å². The maximum absolute atomic E-state index is 12.7. The molecule has 2 rings (SSSR count). The second-order valence-electron chi connectivity index (χ2n) is 6.75. The third-order valence-electron chi connectivity index (χ3n) is 4.11. The number of benzene rings is 2. The first kappa shape index (κ1) is 23.5. The van der Waals surface area contributed by atoms with Gasteiger partial charge in [0.15, 0.2) is 5.96 Å². The highest BCUT2D eigenvalue weighted by atomic mass is 32.2. The zero-order valence-corrected chi connectivity index (χ0v) is 17.8. The summed E-state index contributed by atoms with van der Waals surface area (Å²) >= 11 is 0. The fourth-order valence-corrected chi connectivity index (χ4v) is 3.33. The molecule has 2 aromatic carbocycles. The standard InChI is InChI=1S/C20H25F3N4O2S/c1-4-24-19(25-13-16-7-5-6-8-18(16)26-30(3,28)29)27(2)14-15-9-11-17(12-10-15)20(21,22)23/h5-12,26H,4,13-14H2,1-3H3,(H,24,25). The number of guanidine groups is 1. The normalized spacial score (nSPS) is 12.5. The number of nitrogens with one attached hydrogen (secondary N) is 2. The van der Waals surface area contributed by atoms with Crippen molar-refractivity contribution in [1.29, 1.82) is 0 Å². The van der Waals surface area contributed by atoms with Gasteiger partial charge in [-0.05, 0) is 36.2 Å². The number of hydrogen-bond donors (Lipinski definition) is 2. The molecule has 0 heterocycles. The van der Waals surface area contributed by atoms with Gasteiger partial charge in [0.05, 0.1) is 24.1 Å². The summed E-state index contributed by atoms with van der Waals surface area (Å²) < 4.78 is 63.8. The average molecular weight is 443 g/mol. The van der Waals surface area contributed by atoms with Gasteiger partial charge in [-0.15, -0.1) is 0 Å². The second kappa shape index (κ2) is 9.84. The van der Waals surface area contributed by atoms with E-state index in [1.807, 2.05) is 6.92 Å². The monoisotopic (exact) mass is 442 g/mol. The number of nitrogens with zero attached hydrogens (tertiary/aromatic N) is 2. The van der Waals surface area contributed by atoms with Crippen LogP contribution in [0.15, 0.2) is 53.5 Å². The molecule has 0 aliphatic rings. The zero-order chi connectivity index (χ0) is 22.4. The Bertz CT molecular complexity index is 974. The van der Waals surface area contributed by atoms with E-state index in [0.29, 0.717) is 35.9 Å². The van der Waals surface area contributed by atoms with Gasteiger partial charge < -0.3 is 10.2 Å². The summed E-state index contributed by atoms with van der Waals surface area (Å²) in [5.41, 5.74) is 1.16. The number of para-hydroxylation sites is 1. The van der Waals surface area contributed by atoms with Crippen LogP contribution >= 0.6 is 0 Å². The summed E-state index contributed by atoms with van der Waals surface area (Å²) in [7, 11) is -1.65. The summed E-state index contributed by atoms with van der Waals surface area (Å²) in [5, 5.41) is 3.13. The minimum Gasteiger partial charge on any atom is -0.357 e. The van der Waals surface area contributed by atoms with Crippen molar-refractivity contribution in [2.24, 2.45) is 4.99 Å². The maximum atomic E-state index is 12.7. The van der Waals surface area contributed by atoms with Crippen molar-refractivity contribution >= 4 is 21.7 Å². The molecule has 2 aromatic rings. The van der Waals surface area contributed by atoms with Gasteiger partial charge in [-0.2, -0.15) is 13.2 Å². The lowest BCUT2D eigenvalue weighted by atomic mass is 10.1. The van der Waals surface area contributed by atoms with Gasteiger partial charge in [0.25, 0.3) is 0 Å². The molecule has 10 heteroatoms. The lowest BCUT2D eigenvalue weighted by Gasteiger charge is -2.22. The van der Waals surface area contributed by atoms with Crippen molar-refractivity contribution in [3.05, 3.63) is 65.2 Å². The lowest BCUT2D eigenvalue weighted by molar-refractivity contribution is -0.137. The number of rotatable bonds is 7. The molecule has 0 spiro atoms. The number of alkyl halides is 3. The highest BCUT2D eigenvalue weighted by Gasteiger charge is 2.29. The van der Waals surface area contributed by atoms with Crippen molar-refractivity contribution in [1.82, 2.24) is 10.2 Å². The quantitative estimate of drug-likeness (QED) is 0.507. The minimum absolute atomic E-state index is 0.221. The van der Waals surface area contributed by atoms with Gasteiger partial charge in [0.1, 0.15) is 0 Å². The molecular formula is C20H25F3N4O2S. The number of anilines is 1. The molecule has 0 aromatic heterocycles. The molecule has 0 aliphatic heterocycles. The van der Waals surface area contributed by atoms with Crippen LogP contribution in [0.3, 0.4) is 0 Å². The number of sulfonamides is 1. The molecule has 164 valence electrons. The fourth-order valence-electron chi connectivity index (χ4n) is 2.74. The van der Waals surface area contributed by atoms with Crippen LogP contribution in [0.25, 0.3) is 0 Å². The summed E-state index contributed by atoms with van der Waals surface area (Å²) in [6, 6.07) is 11.9. The first-order valence-electron chi connectivity index (χ1n) is 9.21. The van der Waals surface area contributed by atoms with Crippen LogP contribution in [-0.4, -0.2) is 39.1 Å². The van der Waals surface area contributed by atoms with Crippen LogP contribution in [0.2, 0.25) is 0 Å². The van der Waals surface area contributed by atoms with E-state index in [2.05, 4.69) is 15.0 Å². The van der Waals surface area contributed by atoms with Crippen LogP contribution in [-0.2, 0) is 29.3 Å². The van der Waals surface area contributed by atoms with E-state index < -0.39 is 21.8 Å². The molecule has 0 fully saturated rings. The van der Waals surface area contributed by atoms with E-state index >= 15 is 0 Å². The Morgan fingerprint density at radius 3 is 2.30 bits per heavy atom. The first-order valence-corrected chi connectivity index (χ1v) is 11.1. The van der Waals surface area contributed by atoms with E-state index in [9.17, 15) is 21.6 Å². The topological polar surface area (TPSA) is 73.8 Å². The van der Waals surface area contributed by atoms with Crippen molar-refractivity contribution in [2.75, 3.05) is 24.6 Å². The molecule has 0 saturated heterocycles. The predicted octanol–water partition coefficient (Wildman–Crippen LogP) is 3.67. The Hall–Kier alpha value is -2.75. The van der Waals surface area contributed by atoms with Crippen molar-refractivity contribution in [3.8, 4) is 0 Å². The van der Waals surface area contributed by atoms with Crippen LogP contribution in [0.1, 0.15) is 23.6 Å². The Morgan fingerprint density at radius 2 is 1.73 bits per heavy atom. The molecule has 0 saturated carbocycles. The smallest absolute Gasteiger partial charge is 0.357 e. The number of aliphatic imine (C=N–C) groups is 1. The Balaban J connectivity index is 2.16. The average Bonchev–Trinajstić information content (AvgIpc) is 2.64. The zero-order valence-electron chi connectivity index (χ0n) is 17.0. The predicted molar refractivity (Wildman–Crippen MR) is 113 cm³/mol. The SMILES string of the molecule is CCNC(=NCc1ccccc1NS(C)(=O)=O)N(C)Cc1ccc(C(F)(F)F)cc1. The molecule has 0 bridgehead atoms. The van der Waals surface area contributed by atoms with Gasteiger partial charge in [0.2, 0.25) is 10.0 Å². The summed E-state index contributed by atoms with van der Waals surface area (Å²) in [4.78, 5) is 6.33. The summed E-state index contributed by atoms with van der Waals surface area (Å²) in [6.07, 6.45) is -3.29. The molecular weight excluding hydrogens is 417 g/mol. The van der Waals surface area contributed by atoms with Crippen LogP contribution < -0.4 is 10.0 Å². The fraction of sp³-hybridized carbons (Fsp3) is 0.350. The molecule has 30 heavy (non-hydrogen) atoms. The van der Waals surface area contributed by atoms with Crippen LogP contribution in [0, 0.1) is 0 Å². The minimum atomic E-state index is -4.37. The maximum Gasteiger partial charge on any atom is 0.416 e. The Kier molecular flexibility index (Phi) is 7.71.